The van der Waals surface area contributed by atoms with Gasteiger partial charge in [0.15, 0.2) is 0 Å². The van der Waals surface area contributed by atoms with Gasteiger partial charge in [0.05, 0.1) is 11.9 Å². The Morgan fingerprint density at radius 2 is 2.06 bits per heavy atom. The maximum absolute atomic E-state index is 12.8. The normalized spacial score (nSPS) is 22.6. The molecule has 0 saturated carbocycles. The van der Waals surface area contributed by atoms with Crippen LogP contribution in [0.2, 0.25) is 5.02 Å². The summed E-state index contributed by atoms with van der Waals surface area (Å²) in [6.45, 7) is 3.85. The Hall–Kier alpha value is -2.79. The number of likely N-dealkylation sites (tertiary alicyclic amines) is 1. The number of allylic oxidation sites excluding steroid dienone is 2. The minimum absolute atomic E-state index is 0.224. The van der Waals surface area contributed by atoms with E-state index in [1.165, 1.54) is 27.8 Å². The summed E-state index contributed by atoms with van der Waals surface area (Å²) in [5.74, 6) is 0.224. The number of aryl methyl sites for hydroxylation is 2. The van der Waals surface area contributed by atoms with Crippen molar-refractivity contribution in [3.63, 3.8) is 0 Å². The number of benzene rings is 1. The number of nitrogens with zero attached hydrogens (tertiary/aromatic N) is 2. The Kier molecular flexibility index (Phi) is 5.68. The molecule has 0 radical (unpaired) electrons. The molecule has 1 aromatic carbocycles. The van der Waals surface area contributed by atoms with Crippen molar-refractivity contribution in [2.24, 2.45) is 0 Å². The van der Waals surface area contributed by atoms with Crippen molar-refractivity contribution in [1.29, 1.82) is 0 Å². The molecule has 166 valence electrons. The quantitative estimate of drug-likeness (QED) is 0.707. The average Bonchev–Trinajstić information content (AvgIpc) is 3.28. The molecular formula is C26H29ClN4O. The van der Waals surface area contributed by atoms with E-state index in [1.807, 2.05) is 11.0 Å². The van der Waals surface area contributed by atoms with Crippen LogP contribution >= 0.6 is 11.6 Å². The van der Waals surface area contributed by atoms with Gasteiger partial charge in [0.2, 0.25) is 5.91 Å². The smallest absolute Gasteiger partial charge is 0.222 e. The maximum Gasteiger partial charge on any atom is 0.222 e. The number of H-pyrrole nitrogens is 1. The number of piperidine rings is 1. The molecule has 1 aliphatic carbocycles. The monoisotopic (exact) mass is 448 g/mol. The number of nitrogens with one attached hydrogen (secondary N) is 2. The molecule has 1 aromatic heterocycles. The molecule has 0 bridgehead atoms. The molecular weight excluding hydrogens is 420 g/mol. The van der Waals surface area contributed by atoms with Crippen LogP contribution in [-0.2, 0) is 17.6 Å². The van der Waals surface area contributed by atoms with Gasteiger partial charge in [-0.3, -0.25) is 4.79 Å². The molecule has 1 atom stereocenters. The van der Waals surface area contributed by atoms with Gasteiger partial charge in [-0.25, -0.2) is 4.98 Å². The second-order valence-corrected chi connectivity index (χ2v) is 9.49. The van der Waals surface area contributed by atoms with E-state index in [9.17, 15) is 4.79 Å². The predicted molar refractivity (Wildman–Crippen MR) is 128 cm³/mol. The van der Waals surface area contributed by atoms with Crippen LogP contribution in [0, 0.1) is 0 Å². The fraction of sp³-hybridized carbons (Fsp3) is 0.385. The Balaban J connectivity index is 1.42. The van der Waals surface area contributed by atoms with Crippen LogP contribution in [0.25, 0.3) is 5.57 Å². The highest BCUT2D eigenvalue weighted by atomic mass is 35.5. The molecule has 2 N–H and O–H groups in total. The molecule has 2 aromatic rings. The summed E-state index contributed by atoms with van der Waals surface area (Å²) in [5, 5.41) is 4.47. The lowest BCUT2D eigenvalue weighted by molar-refractivity contribution is -0.131. The minimum atomic E-state index is -0.226. The first-order chi connectivity index (χ1) is 15.5. The summed E-state index contributed by atoms with van der Waals surface area (Å²) in [4.78, 5) is 21.9. The molecule has 5 nitrogen and oxygen atoms in total. The fourth-order valence-corrected chi connectivity index (χ4v) is 5.59. The van der Waals surface area contributed by atoms with E-state index in [0.717, 1.165) is 49.5 Å². The number of aromatic nitrogens is 2. The zero-order valence-electron chi connectivity index (χ0n) is 18.5. The number of aromatic amines is 1. The van der Waals surface area contributed by atoms with E-state index >= 15 is 0 Å². The summed E-state index contributed by atoms with van der Waals surface area (Å²) in [7, 11) is 0. The number of halogens is 1. The zero-order chi connectivity index (χ0) is 22.1. The van der Waals surface area contributed by atoms with Gasteiger partial charge in [0.25, 0.3) is 0 Å². The van der Waals surface area contributed by atoms with E-state index < -0.39 is 0 Å². The first-order valence-corrected chi connectivity index (χ1v) is 11.8. The molecule has 0 spiro atoms. The highest BCUT2D eigenvalue weighted by Gasteiger charge is 2.39. The van der Waals surface area contributed by atoms with E-state index in [1.54, 1.807) is 12.5 Å². The lowest BCUT2D eigenvalue weighted by Gasteiger charge is -2.40. The number of amides is 1. The van der Waals surface area contributed by atoms with Gasteiger partial charge in [0.1, 0.15) is 0 Å². The first-order valence-electron chi connectivity index (χ1n) is 11.4. The number of carbonyl (C=O) groups is 1. The summed E-state index contributed by atoms with van der Waals surface area (Å²) < 4.78 is 0. The van der Waals surface area contributed by atoms with Crippen molar-refractivity contribution in [3.8, 4) is 0 Å². The van der Waals surface area contributed by atoms with E-state index in [0.29, 0.717) is 12.8 Å². The second kappa shape index (κ2) is 8.62. The Morgan fingerprint density at radius 1 is 1.22 bits per heavy atom. The van der Waals surface area contributed by atoms with Crippen molar-refractivity contribution in [3.05, 3.63) is 82.1 Å². The number of rotatable bonds is 3. The maximum atomic E-state index is 12.8. The standard InChI is InChI=1S/C26H29ClN4O/c1-26-20(3-2-12-30-26)5-4-19-15-21(27)6-8-23(19)25(26)18-10-13-31(14-11-18)24(32)9-7-22-16-28-17-29-22/h2-3,6,8,12,15-17,30H,4-5,7,9-11,13-14H2,1H3,(H,28,29). The van der Waals surface area contributed by atoms with Crippen LogP contribution in [0.5, 0.6) is 0 Å². The molecule has 3 heterocycles. The third-order valence-corrected chi connectivity index (χ3v) is 7.38. The van der Waals surface area contributed by atoms with Crippen LogP contribution in [0.3, 0.4) is 0 Å². The van der Waals surface area contributed by atoms with Gasteiger partial charge in [-0.05, 0) is 85.7 Å². The molecule has 1 fully saturated rings. The number of hydrogen-bond donors (Lipinski definition) is 2. The summed E-state index contributed by atoms with van der Waals surface area (Å²) >= 11 is 6.36. The zero-order valence-corrected chi connectivity index (χ0v) is 19.2. The van der Waals surface area contributed by atoms with Crippen LogP contribution in [-0.4, -0.2) is 39.4 Å². The average molecular weight is 449 g/mol. The molecule has 5 rings (SSSR count). The summed E-state index contributed by atoms with van der Waals surface area (Å²) in [6.07, 6.45) is 14.9. The molecule has 3 aliphatic rings. The Labute approximate surface area is 194 Å². The third kappa shape index (κ3) is 3.90. The SMILES string of the molecule is CC12NC=CC=C1CCc1cc(Cl)ccc1C2=C1CCN(C(=O)CCc2cnc[nH]2)CC1. The van der Waals surface area contributed by atoms with Gasteiger partial charge in [-0.15, -0.1) is 0 Å². The van der Waals surface area contributed by atoms with Crippen LogP contribution < -0.4 is 5.32 Å². The molecule has 2 aliphatic heterocycles. The topological polar surface area (TPSA) is 61.0 Å². The van der Waals surface area contributed by atoms with E-state index in [4.69, 9.17) is 11.6 Å². The summed E-state index contributed by atoms with van der Waals surface area (Å²) in [6, 6.07) is 6.32. The fourth-order valence-electron chi connectivity index (χ4n) is 5.40. The minimum Gasteiger partial charge on any atom is -0.378 e. The second-order valence-electron chi connectivity index (χ2n) is 9.06. The van der Waals surface area contributed by atoms with Gasteiger partial charge in [-0.1, -0.05) is 29.3 Å². The lowest BCUT2D eigenvalue weighted by atomic mass is 9.75. The van der Waals surface area contributed by atoms with Crippen LogP contribution in [0.15, 0.2) is 60.2 Å². The lowest BCUT2D eigenvalue weighted by Crippen LogP contribution is -2.45. The highest BCUT2D eigenvalue weighted by Crippen LogP contribution is 2.45. The predicted octanol–water partition coefficient (Wildman–Crippen LogP) is 4.82. The van der Waals surface area contributed by atoms with Gasteiger partial charge in [-0.2, -0.15) is 0 Å². The Bertz CT molecular complexity index is 1100. The number of imidazole rings is 1. The largest absolute Gasteiger partial charge is 0.378 e. The highest BCUT2D eigenvalue weighted by molar-refractivity contribution is 6.30. The number of hydrogen-bond acceptors (Lipinski definition) is 3. The van der Waals surface area contributed by atoms with E-state index in [2.05, 4.69) is 52.7 Å². The first kappa shape index (κ1) is 21.1. The number of fused-ring (bicyclic) bond motifs is 2. The molecule has 32 heavy (non-hydrogen) atoms. The van der Waals surface area contributed by atoms with Gasteiger partial charge < -0.3 is 15.2 Å². The van der Waals surface area contributed by atoms with Crippen molar-refractivity contribution in [1.82, 2.24) is 20.2 Å². The third-order valence-electron chi connectivity index (χ3n) is 7.14. The van der Waals surface area contributed by atoms with Crippen LogP contribution in [0.4, 0.5) is 0 Å². The van der Waals surface area contributed by atoms with Crippen molar-refractivity contribution >= 4 is 23.1 Å². The summed E-state index contributed by atoms with van der Waals surface area (Å²) in [5.41, 5.74) is 7.64. The van der Waals surface area contributed by atoms with Crippen molar-refractivity contribution in [2.75, 3.05) is 13.1 Å². The van der Waals surface area contributed by atoms with Crippen LogP contribution in [0.1, 0.15) is 49.4 Å². The molecule has 1 saturated heterocycles. The Morgan fingerprint density at radius 3 is 2.84 bits per heavy atom. The van der Waals surface area contributed by atoms with Gasteiger partial charge in [0, 0.05) is 36.4 Å². The van der Waals surface area contributed by atoms with Crippen molar-refractivity contribution in [2.45, 2.75) is 51.0 Å². The molecule has 1 unspecified atom stereocenters. The number of carbonyl (C=O) groups excluding carboxylic acids is 1. The van der Waals surface area contributed by atoms with Gasteiger partial charge >= 0.3 is 0 Å². The molecule has 1 amide bonds. The van der Waals surface area contributed by atoms with Crippen molar-refractivity contribution < 1.29 is 4.79 Å². The molecule has 6 heteroatoms. The van der Waals surface area contributed by atoms with E-state index in [-0.39, 0.29) is 11.4 Å². The number of dihydropyridines is 1.